The number of rotatable bonds is 3. The average molecular weight is 323 g/mol. The van der Waals surface area contributed by atoms with E-state index in [1.807, 2.05) is 0 Å². The van der Waals surface area contributed by atoms with E-state index in [-0.39, 0.29) is 5.56 Å². The summed E-state index contributed by atoms with van der Waals surface area (Å²) in [5.41, 5.74) is 6.66. The van der Waals surface area contributed by atoms with E-state index in [1.54, 1.807) is 29.9 Å². The molecular formula is C12H11ClN6OS. The number of hydrogen-bond acceptors (Lipinski definition) is 6. The lowest BCUT2D eigenvalue weighted by Crippen LogP contribution is -2.15. The molecule has 3 rings (SSSR count). The Labute approximate surface area is 128 Å². The van der Waals surface area contributed by atoms with Gasteiger partial charge in [-0.05, 0) is 12.1 Å². The number of hydrogen-bond donors (Lipinski definition) is 1. The van der Waals surface area contributed by atoms with Gasteiger partial charge in [0, 0.05) is 25.1 Å². The van der Waals surface area contributed by atoms with Crippen LogP contribution in [0.15, 0.2) is 34.3 Å². The standard InChI is InChI=1S/C12H11ClN6OS/c1-18-11(14)16-17-12(18)21-6-8-4-10(20)19-5-7(13)2-3-9(19)15-8/h2-5H,6H2,1H3,(H2,14,16). The number of nitrogen functional groups attached to an aromatic ring is 1. The molecule has 0 aliphatic heterocycles. The van der Waals surface area contributed by atoms with E-state index >= 15 is 0 Å². The van der Waals surface area contributed by atoms with Crippen LogP contribution in [0.3, 0.4) is 0 Å². The number of halogens is 1. The van der Waals surface area contributed by atoms with Crippen LogP contribution in [0.4, 0.5) is 5.95 Å². The Hall–Kier alpha value is -2.06. The molecule has 0 saturated carbocycles. The van der Waals surface area contributed by atoms with Gasteiger partial charge in [-0.2, -0.15) is 0 Å². The van der Waals surface area contributed by atoms with Gasteiger partial charge in [0.25, 0.3) is 5.56 Å². The lowest BCUT2D eigenvalue weighted by atomic mass is 10.4. The van der Waals surface area contributed by atoms with Crippen molar-refractivity contribution < 1.29 is 0 Å². The van der Waals surface area contributed by atoms with Gasteiger partial charge >= 0.3 is 0 Å². The first-order valence-corrected chi connectivity index (χ1v) is 7.36. The van der Waals surface area contributed by atoms with Gasteiger partial charge in [-0.1, -0.05) is 23.4 Å². The van der Waals surface area contributed by atoms with Crippen LogP contribution in [-0.2, 0) is 12.8 Å². The zero-order valence-corrected chi connectivity index (χ0v) is 12.6. The number of aromatic nitrogens is 5. The van der Waals surface area contributed by atoms with Crippen LogP contribution in [0.2, 0.25) is 5.02 Å². The molecular weight excluding hydrogens is 312 g/mol. The highest BCUT2D eigenvalue weighted by molar-refractivity contribution is 7.98. The molecule has 2 N–H and O–H groups in total. The van der Waals surface area contributed by atoms with Crippen LogP contribution in [0, 0.1) is 0 Å². The first-order chi connectivity index (χ1) is 10.0. The Kier molecular flexibility index (Phi) is 3.56. The fraction of sp³-hybridized carbons (Fsp3) is 0.167. The number of anilines is 1. The molecule has 0 spiro atoms. The molecule has 3 aromatic heterocycles. The van der Waals surface area contributed by atoms with Crippen molar-refractivity contribution in [1.82, 2.24) is 24.1 Å². The van der Waals surface area contributed by atoms with Crippen LogP contribution < -0.4 is 11.3 Å². The molecule has 7 nitrogen and oxygen atoms in total. The SMILES string of the molecule is Cn1c(N)nnc1SCc1cc(=O)n2cc(Cl)ccc2n1. The molecule has 0 radical (unpaired) electrons. The Bertz CT molecular complexity index is 874. The molecule has 3 heterocycles. The van der Waals surface area contributed by atoms with Crippen molar-refractivity contribution in [3.8, 4) is 0 Å². The minimum Gasteiger partial charge on any atom is -0.368 e. The predicted octanol–water partition coefficient (Wildman–Crippen LogP) is 1.35. The zero-order chi connectivity index (χ0) is 15.0. The molecule has 0 bridgehead atoms. The van der Waals surface area contributed by atoms with E-state index < -0.39 is 0 Å². The molecule has 108 valence electrons. The third kappa shape index (κ3) is 2.72. The van der Waals surface area contributed by atoms with Gasteiger partial charge in [0.15, 0.2) is 5.16 Å². The molecule has 0 fully saturated rings. The van der Waals surface area contributed by atoms with Gasteiger partial charge in [-0.25, -0.2) is 4.98 Å². The number of thioether (sulfide) groups is 1. The number of fused-ring (bicyclic) bond motifs is 1. The van der Waals surface area contributed by atoms with E-state index in [0.717, 1.165) is 0 Å². The third-order valence-corrected chi connectivity index (χ3v) is 4.17. The van der Waals surface area contributed by atoms with Crippen molar-refractivity contribution in [2.75, 3.05) is 5.73 Å². The number of pyridine rings is 1. The zero-order valence-electron chi connectivity index (χ0n) is 11.0. The topological polar surface area (TPSA) is 91.1 Å². The largest absolute Gasteiger partial charge is 0.368 e. The highest BCUT2D eigenvalue weighted by Crippen LogP contribution is 2.20. The number of nitrogens with two attached hydrogens (primary N) is 1. The second kappa shape index (κ2) is 5.38. The molecule has 0 aliphatic carbocycles. The second-order valence-corrected chi connectivity index (χ2v) is 5.73. The molecule has 0 unspecified atom stereocenters. The van der Waals surface area contributed by atoms with Crippen LogP contribution in [-0.4, -0.2) is 24.1 Å². The molecule has 3 aromatic rings. The summed E-state index contributed by atoms with van der Waals surface area (Å²) in [6.45, 7) is 0. The smallest absolute Gasteiger partial charge is 0.258 e. The normalized spacial score (nSPS) is 11.1. The third-order valence-electron chi connectivity index (χ3n) is 2.89. The highest BCUT2D eigenvalue weighted by atomic mass is 35.5. The van der Waals surface area contributed by atoms with Crippen LogP contribution >= 0.6 is 23.4 Å². The molecule has 0 atom stereocenters. The molecule has 0 saturated heterocycles. The van der Waals surface area contributed by atoms with Crippen LogP contribution in [0.5, 0.6) is 0 Å². The molecule has 9 heteroatoms. The fourth-order valence-electron chi connectivity index (χ4n) is 1.79. The van der Waals surface area contributed by atoms with Gasteiger partial charge in [0.2, 0.25) is 5.95 Å². The Balaban J connectivity index is 1.89. The summed E-state index contributed by atoms with van der Waals surface area (Å²) < 4.78 is 3.09. The summed E-state index contributed by atoms with van der Waals surface area (Å²) in [4.78, 5) is 16.5. The van der Waals surface area contributed by atoms with Crippen molar-refractivity contribution >= 4 is 35.0 Å². The van der Waals surface area contributed by atoms with Crippen molar-refractivity contribution in [2.45, 2.75) is 10.9 Å². The highest BCUT2D eigenvalue weighted by Gasteiger charge is 2.08. The molecule has 0 aliphatic rings. The molecule has 0 amide bonds. The minimum atomic E-state index is -0.171. The Morgan fingerprint density at radius 2 is 2.19 bits per heavy atom. The summed E-state index contributed by atoms with van der Waals surface area (Å²) >= 11 is 7.28. The van der Waals surface area contributed by atoms with E-state index in [2.05, 4.69) is 15.2 Å². The Morgan fingerprint density at radius 1 is 1.38 bits per heavy atom. The van der Waals surface area contributed by atoms with Crippen LogP contribution in [0.1, 0.15) is 5.69 Å². The van der Waals surface area contributed by atoms with E-state index in [0.29, 0.717) is 33.2 Å². The molecule has 21 heavy (non-hydrogen) atoms. The summed E-state index contributed by atoms with van der Waals surface area (Å²) in [5, 5.41) is 8.88. The van der Waals surface area contributed by atoms with Crippen molar-refractivity contribution in [2.24, 2.45) is 7.05 Å². The average Bonchev–Trinajstić information content (AvgIpc) is 2.77. The maximum Gasteiger partial charge on any atom is 0.258 e. The maximum atomic E-state index is 12.0. The predicted molar refractivity (Wildman–Crippen MR) is 81.4 cm³/mol. The van der Waals surface area contributed by atoms with E-state index in [1.165, 1.54) is 22.2 Å². The van der Waals surface area contributed by atoms with Gasteiger partial charge in [0.05, 0.1) is 10.7 Å². The monoisotopic (exact) mass is 322 g/mol. The molecule has 0 aromatic carbocycles. The van der Waals surface area contributed by atoms with E-state index in [9.17, 15) is 4.79 Å². The van der Waals surface area contributed by atoms with Gasteiger partial charge in [-0.3, -0.25) is 13.8 Å². The maximum absolute atomic E-state index is 12.0. The Morgan fingerprint density at radius 3 is 2.90 bits per heavy atom. The summed E-state index contributed by atoms with van der Waals surface area (Å²) in [5.74, 6) is 0.846. The quantitative estimate of drug-likeness (QED) is 0.732. The van der Waals surface area contributed by atoms with Crippen molar-refractivity contribution in [1.29, 1.82) is 0 Å². The van der Waals surface area contributed by atoms with Gasteiger partial charge in [0.1, 0.15) is 5.65 Å². The lowest BCUT2D eigenvalue weighted by Gasteiger charge is -2.04. The van der Waals surface area contributed by atoms with Crippen molar-refractivity contribution in [3.05, 3.63) is 45.5 Å². The summed E-state index contributed by atoms with van der Waals surface area (Å²) in [6.07, 6.45) is 1.55. The van der Waals surface area contributed by atoms with Crippen molar-refractivity contribution in [3.63, 3.8) is 0 Å². The minimum absolute atomic E-state index is 0.171. The first kappa shape index (κ1) is 13.9. The first-order valence-electron chi connectivity index (χ1n) is 6.00. The van der Waals surface area contributed by atoms with Crippen LogP contribution in [0.25, 0.3) is 5.65 Å². The van der Waals surface area contributed by atoms with Gasteiger partial charge < -0.3 is 5.73 Å². The fourth-order valence-corrected chi connectivity index (χ4v) is 2.76. The second-order valence-electron chi connectivity index (χ2n) is 4.35. The lowest BCUT2D eigenvalue weighted by molar-refractivity contribution is 0.795. The van der Waals surface area contributed by atoms with Gasteiger partial charge in [-0.15, -0.1) is 10.2 Å². The number of nitrogens with zero attached hydrogens (tertiary/aromatic N) is 5. The summed E-state index contributed by atoms with van der Waals surface area (Å²) in [6, 6.07) is 4.89. The van der Waals surface area contributed by atoms with E-state index in [4.69, 9.17) is 17.3 Å². The summed E-state index contributed by atoms with van der Waals surface area (Å²) in [7, 11) is 1.78.